The van der Waals surface area contributed by atoms with E-state index in [9.17, 15) is 4.79 Å². The monoisotopic (exact) mass is 468 g/mol. The van der Waals surface area contributed by atoms with E-state index in [4.69, 9.17) is 14.2 Å². The van der Waals surface area contributed by atoms with Gasteiger partial charge in [-0.25, -0.2) is 4.98 Å². The number of rotatable bonds is 8. The van der Waals surface area contributed by atoms with Gasteiger partial charge in [0.25, 0.3) is 0 Å². The third-order valence-electron chi connectivity index (χ3n) is 5.60. The van der Waals surface area contributed by atoms with E-state index in [-0.39, 0.29) is 12.3 Å². The first kappa shape index (κ1) is 22.7. The van der Waals surface area contributed by atoms with E-state index in [0.29, 0.717) is 24.0 Å². The van der Waals surface area contributed by atoms with E-state index in [1.807, 2.05) is 40.6 Å². The van der Waals surface area contributed by atoms with Crippen molar-refractivity contribution in [3.63, 3.8) is 0 Å². The summed E-state index contributed by atoms with van der Waals surface area (Å²) in [6.45, 7) is 3.00. The molecule has 0 saturated carbocycles. The maximum atomic E-state index is 12.8. The fourth-order valence-corrected chi connectivity index (χ4v) is 4.47. The molecule has 1 saturated heterocycles. The molecule has 3 aromatic rings. The molecule has 0 aliphatic carbocycles. The normalized spacial score (nSPS) is 13.5. The van der Waals surface area contributed by atoms with Crippen LogP contribution in [0.2, 0.25) is 0 Å². The molecule has 1 aliphatic rings. The summed E-state index contributed by atoms with van der Waals surface area (Å²) >= 11 is 1.46. The Morgan fingerprint density at radius 1 is 0.970 bits per heavy atom. The molecule has 1 amide bonds. The summed E-state index contributed by atoms with van der Waals surface area (Å²) in [5, 5.41) is 5.88. The molecule has 1 N–H and O–H groups in total. The van der Waals surface area contributed by atoms with Crippen molar-refractivity contribution in [3.05, 3.63) is 53.5 Å². The summed E-state index contributed by atoms with van der Waals surface area (Å²) in [5.41, 5.74) is 2.66. The molecular formula is C24H28N4O4S. The first-order valence-electron chi connectivity index (χ1n) is 10.7. The average molecular weight is 469 g/mol. The molecule has 0 atom stereocenters. The van der Waals surface area contributed by atoms with Crippen molar-refractivity contribution < 1.29 is 19.0 Å². The quantitative estimate of drug-likeness (QED) is 0.539. The van der Waals surface area contributed by atoms with Crippen molar-refractivity contribution in [1.82, 2.24) is 9.88 Å². The van der Waals surface area contributed by atoms with E-state index in [1.54, 1.807) is 21.3 Å². The van der Waals surface area contributed by atoms with Gasteiger partial charge in [0.15, 0.2) is 5.13 Å². The number of hydrogen-bond acceptors (Lipinski definition) is 8. The molecule has 0 spiro atoms. The van der Waals surface area contributed by atoms with Crippen molar-refractivity contribution in [2.75, 3.05) is 57.7 Å². The van der Waals surface area contributed by atoms with E-state index in [1.165, 1.54) is 11.3 Å². The van der Waals surface area contributed by atoms with Gasteiger partial charge in [-0.3, -0.25) is 4.79 Å². The number of methoxy groups -OCH3 is 3. The summed E-state index contributed by atoms with van der Waals surface area (Å²) in [6.07, 6.45) is 0.288. The number of aromatic nitrogens is 1. The molecule has 9 heteroatoms. The molecule has 1 fully saturated rings. The number of nitrogens with zero attached hydrogens (tertiary/aromatic N) is 3. The molecule has 174 valence electrons. The number of carbonyl (C=O) groups excluding carboxylic acids is 1. The topological polar surface area (TPSA) is 76.2 Å². The first-order chi connectivity index (χ1) is 16.1. The predicted molar refractivity (Wildman–Crippen MR) is 130 cm³/mol. The number of carbonyl (C=O) groups is 1. The van der Waals surface area contributed by atoms with Crippen molar-refractivity contribution >= 4 is 33.8 Å². The average Bonchev–Trinajstić information content (AvgIpc) is 3.30. The van der Waals surface area contributed by atoms with Crippen molar-refractivity contribution in [3.8, 4) is 17.2 Å². The van der Waals surface area contributed by atoms with Crippen LogP contribution in [0.25, 0.3) is 0 Å². The Labute approximate surface area is 197 Å². The maximum Gasteiger partial charge on any atom is 0.228 e. The number of nitrogens with one attached hydrogen (secondary N) is 1. The molecule has 1 aliphatic heterocycles. The third-order valence-corrected chi connectivity index (χ3v) is 6.41. The van der Waals surface area contributed by atoms with Crippen LogP contribution in [0.1, 0.15) is 5.69 Å². The number of hydrogen-bond donors (Lipinski definition) is 1. The van der Waals surface area contributed by atoms with Gasteiger partial charge in [-0.05, 0) is 36.4 Å². The van der Waals surface area contributed by atoms with Crippen LogP contribution in [-0.4, -0.2) is 63.3 Å². The fraction of sp³-hybridized carbons (Fsp3) is 0.333. The van der Waals surface area contributed by atoms with Crippen LogP contribution in [0.3, 0.4) is 0 Å². The zero-order valence-electron chi connectivity index (χ0n) is 19.0. The first-order valence-corrected chi connectivity index (χ1v) is 11.6. The Morgan fingerprint density at radius 2 is 1.67 bits per heavy atom. The minimum Gasteiger partial charge on any atom is -0.497 e. The zero-order valence-corrected chi connectivity index (χ0v) is 19.9. The van der Waals surface area contributed by atoms with Gasteiger partial charge >= 0.3 is 0 Å². The highest BCUT2D eigenvalue weighted by Gasteiger charge is 2.22. The van der Waals surface area contributed by atoms with Crippen molar-refractivity contribution in [2.24, 2.45) is 0 Å². The summed E-state index contributed by atoms with van der Waals surface area (Å²) < 4.78 is 15.9. The summed E-state index contributed by atoms with van der Waals surface area (Å²) in [7, 11) is 4.90. The molecule has 1 aromatic heterocycles. The van der Waals surface area contributed by atoms with Crippen molar-refractivity contribution in [1.29, 1.82) is 0 Å². The van der Waals surface area contributed by atoms with Gasteiger partial charge < -0.3 is 29.3 Å². The van der Waals surface area contributed by atoms with Crippen LogP contribution < -0.4 is 24.4 Å². The molecule has 33 heavy (non-hydrogen) atoms. The smallest absolute Gasteiger partial charge is 0.228 e. The molecule has 2 heterocycles. The van der Waals surface area contributed by atoms with E-state index < -0.39 is 0 Å². The lowest BCUT2D eigenvalue weighted by atomic mass is 10.2. The second-order valence-corrected chi connectivity index (χ2v) is 8.44. The largest absolute Gasteiger partial charge is 0.497 e. The summed E-state index contributed by atoms with van der Waals surface area (Å²) in [5.74, 6) is 2.35. The highest BCUT2D eigenvalue weighted by molar-refractivity contribution is 7.13. The van der Waals surface area contributed by atoms with Gasteiger partial charge in [0.2, 0.25) is 5.91 Å². The molecule has 2 aromatic carbocycles. The molecule has 8 nitrogen and oxygen atoms in total. The third kappa shape index (κ3) is 5.48. The minimum absolute atomic E-state index is 0.0974. The maximum absolute atomic E-state index is 12.8. The van der Waals surface area contributed by atoms with Crippen LogP contribution in [0.15, 0.2) is 47.8 Å². The number of benzene rings is 2. The lowest BCUT2D eigenvalue weighted by Crippen LogP contribution is -2.49. The van der Waals surface area contributed by atoms with Gasteiger partial charge in [-0.1, -0.05) is 0 Å². The Kier molecular flexibility index (Phi) is 7.19. The van der Waals surface area contributed by atoms with Crippen LogP contribution in [0.5, 0.6) is 17.2 Å². The van der Waals surface area contributed by atoms with E-state index >= 15 is 0 Å². The van der Waals surface area contributed by atoms with Gasteiger partial charge in [0, 0.05) is 43.3 Å². The predicted octanol–water partition coefficient (Wildman–Crippen LogP) is 3.80. The molecule has 0 unspecified atom stereocenters. The minimum atomic E-state index is 0.0974. The van der Waals surface area contributed by atoms with Crippen LogP contribution >= 0.6 is 11.3 Å². The van der Waals surface area contributed by atoms with Gasteiger partial charge in [-0.15, -0.1) is 11.3 Å². The van der Waals surface area contributed by atoms with Crippen molar-refractivity contribution in [2.45, 2.75) is 6.42 Å². The van der Waals surface area contributed by atoms with Gasteiger partial charge in [0.1, 0.15) is 17.2 Å². The standard InChI is InChI=1S/C24H28N4O4S/c1-30-19-6-4-18(5-7-19)27-10-12-28(13-11-27)23(29)14-17-16-33-24(25-17)26-21-15-20(31-2)8-9-22(21)32-3/h4-9,15-16H,10-14H2,1-3H3,(H,25,26). The molecule has 0 radical (unpaired) electrons. The molecule has 0 bridgehead atoms. The van der Waals surface area contributed by atoms with E-state index in [0.717, 1.165) is 41.7 Å². The van der Waals surface area contributed by atoms with Crippen LogP contribution in [-0.2, 0) is 11.2 Å². The van der Waals surface area contributed by atoms with Crippen LogP contribution in [0, 0.1) is 0 Å². The van der Waals surface area contributed by atoms with Gasteiger partial charge in [-0.2, -0.15) is 0 Å². The Morgan fingerprint density at radius 3 is 2.33 bits per heavy atom. The summed E-state index contributed by atoms with van der Waals surface area (Å²) in [4.78, 5) is 21.6. The number of piperazine rings is 1. The van der Waals surface area contributed by atoms with Crippen LogP contribution in [0.4, 0.5) is 16.5 Å². The molecule has 4 rings (SSSR count). The second-order valence-electron chi connectivity index (χ2n) is 7.58. The molecular weight excluding hydrogens is 440 g/mol. The highest BCUT2D eigenvalue weighted by atomic mass is 32.1. The number of anilines is 3. The van der Waals surface area contributed by atoms with E-state index in [2.05, 4.69) is 27.3 Å². The lowest BCUT2D eigenvalue weighted by Gasteiger charge is -2.36. The Balaban J connectivity index is 1.32. The highest BCUT2D eigenvalue weighted by Crippen LogP contribution is 2.32. The van der Waals surface area contributed by atoms with Gasteiger partial charge in [0.05, 0.1) is 39.1 Å². The zero-order chi connectivity index (χ0) is 23.2. The number of thiazole rings is 1. The summed E-state index contributed by atoms with van der Waals surface area (Å²) in [6, 6.07) is 13.6. The number of ether oxygens (including phenoxy) is 3. The fourth-order valence-electron chi connectivity index (χ4n) is 3.75. The lowest BCUT2D eigenvalue weighted by molar-refractivity contribution is -0.130. The number of amides is 1. The Hall–Kier alpha value is -3.46. The SMILES string of the molecule is COc1ccc(N2CCN(C(=O)Cc3csc(Nc4cc(OC)ccc4OC)n3)CC2)cc1. The Bertz CT molecular complexity index is 1080. The second kappa shape index (κ2) is 10.4.